The third kappa shape index (κ3) is 2.94. The monoisotopic (exact) mass is 198 g/mol. The van der Waals surface area contributed by atoms with Crippen LogP contribution in [0.4, 0.5) is 0 Å². The van der Waals surface area contributed by atoms with Gasteiger partial charge >= 0.3 is 0 Å². The minimum absolute atomic E-state index is 0.248. The zero-order valence-corrected chi connectivity index (χ0v) is 9.11. The van der Waals surface area contributed by atoms with Crippen LogP contribution in [0.3, 0.4) is 0 Å². The summed E-state index contributed by atoms with van der Waals surface area (Å²) < 4.78 is 5.70. The van der Waals surface area contributed by atoms with E-state index in [2.05, 4.69) is 11.9 Å². The summed E-state index contributed by atoms with van der Waals surface area (Å²) in [5.74, 6) is 0.988. The lowest BCUT2D eigenvalue weighted by Gasteiger charge is -2.33. The maximum absolute atomic E-state index is 6.14. The summed E-state index contributed by atoms with van der Waals surface area (Å²) in [4.78, 5) is 2.31. The van der Waals surface area contributed by atoms with Crippen molar-refractivity contribution in [1.82, 2.24) is 4.90 Å². The molecule has 0 spiro atoms. The summed E-state index contributed by atoms with van der Waals surface area (Å²) in [6.45, 7) is 2.90. The Morgan fingerprint density at radius 3 is 2.93 bits per heavy atom. The van der Waals surface area contributed by atoms with E-state index in [9.17, 15) is 0 Å². The highest BCUT2D eigenvalue weighted by molar-refractivity contribution is 4.82. The van der Waals surface area contributed by atoms with E-state index in [0.29, 0.717) is 0 Å². The molecule has 3 heteroatoms. The second-order valence-electron chi connectivity index (χ2n) is 4.86. The van der Waals surface area contributed by atoms with Crippen molar-refractivity contribution in [3.63, 3.8) is 0 Å². The van der Waals surface area contributed by atoms with Gasteiger partial charge in [-0.1, -0.05) is 12.8 Å². The van der Waals surface area contributed by atoms with Gasteiger partial charge in [-0.15, -0.1) is 0 Å². The van der Waals surface area contributed by atoms with Gasteiger partial charge in [0, 0.05) is 19.1 Å². The summed E-state index contributed by atoms with van der Waals surface area (Å²) in [5, 5.41) is 0. The first kappa shape index (κ1) is 10.4. The highest BCUT2D eigenvalue weighted by atomic mass is 16.5. The number of nitrogens with zero attached hydrogens (tertiary/aromatic N) is 1. The van der Waals surface area contributed by atoms with Gasteiger partial charge in [-0.3, -0.25) is 0 Å². The quantitative estimate of drug-likeness (QED) is 0.727. The lowest BCUT2D eigenvalue weighted by molar-refractivity contribution is -0.0336. The Morgan fingerprint density at radius 2 is 2.29 bits per heavy atom. The third-order valence-electron chi connectivity index (χ3n) is 3.38. The van der Waals surface area contributed by atoms with Crippen LogP contribution in [0.15, 0.2) is 0 Å². The number of ether oxygens (including phenoxy) is 1. The van der Waals surface area contributed by atoms with Crippen LogP contribution in [-0.4, -0.2) is 43.8 Å². The molecule has 0 aromatic rings. The molecular formula is C11H22N2O. The molecule has 2 rings (SSSR count). The SMILES string of the molecule is CN1CCOC(C(N)CCC2CC2)C1. The summed E-state index contributed by atoms with van der Waals surface area (Å²) in [5.41, 5.74) is 6.14. The minimum atomic E-state index is 0.248. The average molecular weight is 198 g/mol. The lowest BCUT2D eigenvalue weighted by Crippen LogP contribution is -2.49. The molecule has 2 unspecified atom stereocenters. The number of rotatable bonds is 4. The number of likely N-dealkylation sites (N-methyl/N-ethyl adjacent to an activating group) is 1. The van der Waals surface area contributed by atoms with Crippen LogP contribution in [0.25, 0.3) is 0 Å². The second-order valence-corrected chi connectivity index (χ2v) is 4.86. The predicted molar refractivity (Wildman–Crippen MR) is 57.2 cm³/mol. The summed E-state index contributed by atoms with van der Waals surface area (Å²) in [7, 11) is 2.14. The van der Waals surface area contributed by atoms with Crippen molar-refractivity contribution in [3.05, 3.63) is 0 Å². The van der Waals surface area contributed by atoms with Crippen molar-refractivity contribution in [2.45, 2.75) is 37.8 Å². The molecule has 1 heterocycles. The van der Waals surface area contributed by atoms with Crippen LogP contribution in [-0.2, 0) is 4.74 Å². The Morgan fingerprint density at radius 1 is 1.50 bits per heavy atom. The number of morpholine rings is 1. The van der Waals surface area contributed by atoms with Gasteiger partial charge in [-0.2, -0.15) is 0 Å². The van der Waals surface area contributed by atoms with E-state index in [4.69, 9.17) is 10.5 Å². The molecule has 0 bridgehead atoms. The molecule has 1 aliphatic carbocycles. The van der Waals surface area contributed by atoms with Crippen molar-refractivity contribution < 1.29 is 4.74 Å². The first-order valence-corrected chi connectivity index (χ1v) is 5.81. The van der Waals surface area contributed by atoms with Gasteiger partial charge in [0.15, 0.2) is 0 Å². The van der Waals surface area contributed by atoms with Crippen LogP contribution in [0.2, 0.25) is 0 Å². The largest absolute Gasteiger partial charge is 0.374 e. The van der Waals surface area contributed by atoms with E-state index in [0.717, 1.165) is 32.0 Å². The van der Waals surface area contributed by atoms with Gasteiger partial charge in [-0.25, -0.2) is 0 Å². The fourth-order valence-electron chi connectivity index (χ4n) is 2.09. The zero-order chi connectivity index (χ0) is 9.97. The molecule has 2 fully saturated rings. The standard InChI is InChI=1S/C11H22N2O/c1-13-6-7-14-11(8-13)10(12)5-4-9-2-3-9/h9-11H,2-8,12H2,1H3. The Labute approximate surface area is 86.6 Å². The van der Waals surface area contributed by atoms with Crippen LogP contribution >= 0.6 is 0 Å². The molecule has 1 saturated carbocycles. The average Bonchev–Trinajstić information content (AvgIpc) is 2.97. The van der Waals surface area contributed by atoms with Crippen LogP contribution in [0.1, 0.15) is 25.7 Å². The van der Waals surface area contributed by atoms with Crippen molar-refractivity contribution in [1.29, 1.82) is 0 Å². The second kappa shape index (κ2) is 4.60. The molecule has 2 atom stereocenters. The number of nitrogens with two attached hydrogens (primary N) is 1. The minimum Gasteiger partial charge on any atom is -0.374 e. The highest BCUT2D eigenvalue weighted by Crippen LogP contribution is 2.34. The first-order valence-electron chi connectivity index (χ1n) is 5.81. The molecule has 0 aromatic carbocycles. The van der Waals surface area contributed by atoms with E-state index in [1.54, 1.807) is 0 Å². The van der Waals surface area contributed by atoms with E-state index in [-0.39, 0.29) is 12.1 Å². The van der Waals surface area contributed by atoms with Gasteiger partial charge in [0.25, 0.3) is 0 Å². The van der Waals surface area contributed by atoms with Gasteiger partial charge in [-0.05, 0) is 25.8 Å². The third-order valence-corrected chi connectivity index (χ3v) is 3.38. The normalized spacial score (nSPS) is 31.7. The summed E-state index contributed by atoms with van der Waals surface area (Å²) >= 11 is 0. The Hall–Kier alpha value is -0.120. The molecule has 3 nitrogen and oxygen atoms in total. The summed E-state index contributed by atoms with van der Waals surface area (Å²) in [6, 6.07) is 0.248. The van der Waals surface area contributed by atoms with E-state index >= 15 is 0 Å². The maximum atomic E-state index is 6.14. The molecule has 0 aromatic heterocycles. The molecular weight excluding hydrogens is 176 g/mol. The van der Waals surface area contributed by atoms with Crippen molar-refractivity contribution >= 4 is 0 Å². The van der Waals surface area contributed by atoms with E-state index < -0.39 is 0 Å². The van der Waals surface area contributed by atoms with Gasteiger partial charge in [0.2, 0.25) is 0 Å². The Kier molecular flexibility index (Phi) is 3.42. The molecule has 82 valence electrons. The van der Waals surface area contributed by atoms with Gasteiger partial charge < -0.3 is 15.4 Å². The maximum Gasteiger partial charge on any atom is 0.0853 e. The van der Waals surface area contributed by atoms with Crippen LogP contribution < -0.4 is 5.73 Å². The molecule has 0 amide bonds. The van der Waals surface area contributed by atoms with Crippen molar-refractivity contribution in [2.75, 3.05) is 26.7 Å². The van der Waals surface area contributed by atoms with Crippen molar-refractivity contribution in [3.8, 4) is 0 Å². The molecule has 2 aliphatic rings. The number of hydrogen-bond donors (Lipinski definition) is 1. The smallest absolute Gasteiger partial charge is 0.0853 e. The molecule has 2 N–H and O–H groups in total. The number of hydrogen-bond acceptors (Lipinski definition) is 3. The topological polar surface area (TPSA) is 38.5 Å². The fourth-order valence-corrected chi connectivity index (χ4v) is 2.09. The molecule has 1 aliphatic heterocycles. The van der Waals surface area contributed by atoms with Crippen LogP contribution in [0, 0.1) is 5.92 Å². The zero-order valence-electron chi connectivity index (χ0n) is 9.11. The summed E-state index contributed by atoms with van der Waals surface area (Å²) in [6.07, 6.45) is 5.58. The first-order chi connectivity index (χ1) is 6.75. The molecule has 0 radical (unpaired) electrons. The van der Waals surface area contributed by atoms with Crippen LogP contribution in [0.5, 0.6) is 0 Å². The molecule has 14 heavy (non-hydrogen) atoms. The van der Waals surface area contributed by atoms with Crippen molar-refractivity contribution in [2.24, 2.45) is 11.7 Å². The van der Waals surface area contributed by atoms with E-state index in [1.165, 1.54) is 19.3 Å². The highest BCUT2D eigenvalue weighted by Gasteiger charge is 2.27. The van der Waals surface area contributed by atoms with Gasteiger partial charge in [0.1, 0.15) is 0 Å². The lowest BCUT2D eigenvalue weighted by atomic mass is 10.0. The van der Waals surface area contributed by atoms with Gasteiger partial charge in [0.05, 0.1) is 12.7 Å². The Balaban J connectivity index is 1.68. The molecule has 1 saturated heterocycles. The van der Waals surface area contributed by atoms with E-state index in [1.807, 2.05) is 0 Å². The Bertz CT molecular complexity index is 182. The predicted octanol–water partition coefficient (Wildman–Crippen LogP) is 0.834. The fraction of sp³-hybridized carbons (Fsp3) is 1.00.